The van der Waals surface area contributed by atoms with Crippen molar-refractivity contribution in [2.24, 2.45) is 0 Å². The Morgan fingerprint density at radius 1 is 0.430 bits per heavy atom. The van der Waals surface area contributed by atoms with Crippen LogP contribution in [0.2, 0.25) is 0 Å². The number of carbonyl (C=O) groups excluding carboxylic acids is 3. The van der Waals surface area contributed by atoms with E-state index in [1.807, 2.05) is 0 Å². The van der Waals surface area contributed by atoms with Gasteiger partial charge in [-0.1, -0.05) is 248 Å². The van der Waals surface area contributed by atoms with Crippen LogP contribution in [0.1, 0.15) is 290 Å². The predicted molar refractivity (Wildman–Crippen MR) is 322 cm³/mol. The molecular formula is C67H116O12. The van der Waals surface area contributed by atoms with Crippen LogP contribution in [-0.4, -0.2) is 89.2 Å². The molecule has 0 radical (unpaired) electrons. The third kappa shape index (κ3) is 44.7. The fourth-order valence-electron chi connectivity index (χ4n) is 9.65. The summed E-state index contributed by atoms with van der Waals surface area (Å²) in [7, 11) is 0. The minimum atomic E-state index is -1.91. The summed E-state index contributed by atoms with van der Waals surface area (Å²) in [6.07, 6.45) is 56.1. The van der Waals surface area contributed by atoms with Gasteiger partial charge in [0.05, 0.1) is 6.61 Å². The number of aliphatic carboxylic acids is 1. The Morgan fingerprint density at radius 3 is 1.24 bits per heavy atom. The van der Waals surface area contributed by atoms with E-state index >= 15 is 0 Å². The van der Waals surface area contributed by atoms with Crippen molar-refractivity contribution in [1.82, 2.24) is 0 Å². The summed E-state index contributed by atoms with van der Waals surface area (Å²) in [5, 5.41) is 31.6. The smallest absolute Gasteiger partial charge is 0.335 e. The summed E-state index contributed by atoms with van der Waals surface area (Å²) < 4.78 is 28.5. The summed E-state index contributed by atoms with van der Waals surface area (Å²) in [4.78, 5) is 51.3. The number of hydrogen-bond donors (Lipinski definition) is 3. The summed E-state index contributed by atoms with van der Waals surface area (Å²) in [5.41, 5.74) is 0. The van der Waals surface area contributed by atoms with Gasteiger partial charge in [-0.05, 0) is 83.5 Å². The maximum Gasteiger partial charge on any atom is 0.335 e. The molecule has 1 rings (SSSR count). The molecular weight excluding hydrogens is 997 g/mol. The number of unbranched alkanes of at least 4 members (excludes halogenated alkanes) is 31. The van der Waals surface area contributed by atoms with Gasteiger partial charge in [-0.15, -0.1) is 0 Å². The summed E-state index contributed by atoms with van der Waals surface area (Å²) in [5.74, 6) is -3.13. The van der Waals surface area contributed by atoms with Gasteiger partial charge in [0.25, 0.3) is 0 Å². The van der Waals surface area contributed by atoms with Crippen LogP contribution in [0.25, 0.3) is 0 Å². The minimum absolute atomic E-state index is 0.0439. The second-order valence-electron chi connectivity index (χ2n) is 22.0. The summed E-state index contributed by atoms with van der Waals surface area (Å²) >= 11 is 0. The molecule has 0 spiro atoms. The van der Waals surface area contributed by atoms with Crippen molar-refractivity contribution in [3.63, 3.8) is 0 Å². The highest BCUT2D eigenvalue weighted by molar-refractivity contribution is 5.74. The first kappa shape index (κ1) is 73.4. The zero-order chi connectivity index (χ0) is 57.5. The van der Waals surface area contributed by atoms with Crippen LogP contribution in [0.4, 0.5) is 0 Å². The average molecular weight is 1110 g/mol. The number of ether oxygens (including phenoxy) is 5. The van der Waals surface area contributed by atoms with Crippen LogP contribution in [0.5, 0.6) is 0 Å². The molecule has 1 heterocycles. The Kier molecular flexibility index (Phi) is 51.1. The van der Waals surface area contributed by atoms with Crippen LogP contribution in [0.15, 0.2) is 60.8 Å². The van der Waals surface area contributed by atoms with E-state index in [-0.39, 0.29) is 25.9 Å². The molecule has 0 aromatic heterocycles. The molecule has 6 unspecified atom stereocenters. The van der Waals surface area contributed by atoms with Gasteiger partial charge in [0.2, 0.25) is 0 Å². The molecule has 0 bridgehead atoms. The molecule has 12 heteroatoms. The van der Waals surface area contributed by atoms with Crippen molar-refractivity contribution >= 4 is 23.9 Å². The van der Waals surface area contributed by atoms with Gasteiger partial charge in [-0.2, -0.15) is 0 Å². The number of hydrogen-bond acceptors (Lipinski definition) is 11. The Labute approximate surface area is 481 Å². The Balaban J connectivity index is 2.65. The minimum Gasteiger partial charge on any atom is -0.479 e. The van der Waals surface area contributed by atoms with E-state index in [2.05, 4.69) is 81.5 Å². The zero-order valence-electron chi connectivity index (χ0n) is 50.4. The normalized spacial score (nSPS) is 18.2. The molecule has 0 saturated carbocycles. The van der Waals surface area contributed by atoms with Crippen molar-refractivity contribution in [2.75, 3.05) is 13.2 Å². The van der Waals surface area contributed by atoms with Crippen molar-refractivity contribution in [1.29, 1.82) is 0 Å². The highest BCUT2D eigenvalue weighted by Crippen LogP contribution is 2.27. The van der Waals surface area contributed by atoms with Crippen LogP contribution < -0.4 is 0 Å². The molecule has 0 aromatic rings. The van der Waals surface area contributed by atoms with E-state index in [4.69, 9.17) is 23.7 Å². The number of aliphatic hydroxyl groups excluding tert-OH is 2. The number of carbonyl (C=O) groups is 4. The number of carboxylic acids is 1. The van der Waals surface area contributed by atoms with E-state index in [0.717, 1.165) is 122 Å². The van der Waals surface area contributed by atoms with Crippen molar-refractivity contribution in [3.8, 4) is 0 Å². The maximum absolute atomic E-state index is 13.2. The van der Waals surface area contributed by atoms with Gasteiger partial charge in [-0.3, -0.25) is 14.4 Å². The molecule has 1 saturated heterocycles. The number of carboxylic acid groups (broad SMARTS) is 1. The lowest BCUT2D eigenvalue weighted by Crippen LogP contribution is -2.61. The number of esters is 3. The quantitative estimate of drug-likeness (QED) is 0.0228. The first-order valence-corrected chi connectivity index (χ1v) is 32.3. The lowest BCUT2D eigenvalue weighted by atomic mass is 9.98. The molecule has 12 nitrogen and oxygen atoms in total. The van der Waals surface area contributed by atoms with Gasteiger partial charge >= 0.3 is 23.9 Å². The number of allylic oxidation sites excluding steroid dienone is 10. The first-order valence-electron chi connectivity index (χ1n) is 32.3. The van der Waals surface area contributed by atoms with E-state index < -0.39 is 67.3 Å². The topological polar surface area (TPSA) is 175 Å². The number of aliphatic hydroxyl groups is 2. The standard InChI is InChI=1S/C67H116O12/c1-4-7-10-13-16-19-22-25-27-29-30-32-34-37-40-43-46-49-52-55-61(70)78-65-63(72)62(71)64(66(73)74)79-67(65)76-57-58(77-60(69)54-51-48-45-42-39-35-24-21-18-15-12-9-6-3)56-75-59(68)53-50-47-44-41-38-36-33-31-28-26-23-20-17-14-11-8-5-2/h7,10,16,19,21,24-25,27,30,32,58,62-65,67,71-72H,4-6,8-9,11-15,17-18,20,22-23,26,28-29,31,33-57H2,1-3H3,(H,73,74)/b10-7-,19-16-,24-21-,27-25-,32-30-. The molecule has 1 aliphatic rings. The molecule has 79 heavy (non-hydrogen) atoms. The highest BCUT2D eigenvalue weighted by Gasteiger charge is 2.50. The second-order valence-corrected chi connectivity index (χ2v) is 22.0. The third-order valence-corrected chi connectivity index (χ3v) is 14.6. The fraction of sp³-hybridized carbons (Fsp3) is 0.791. The number of rotatable bonds is 55. The summed E-state index contributed by atoms with van der Waals surface area (Å²) in [6, 6.07) is 0. The van der Waals surface area contributed by atoms with Crippen LogP contribution >= 0.6 is 0 Å². The van der Waals surface area contributed by atoms with E-state index in [9.17, 15) is 34.5 Å². The monoisotopic (exact) mass is 1110 g/mol. The van der Waals surface area contributed by atoms with Crippen molar-refractivity contribution in [2.45, 2.75) is 327 Å². The zero-order valence-corrected chi connectivity index (χ0v) is 50.4. The highest BCUT2D eigenvalue weighted by atomic mass is 16.7. The molecule has 0 aromatic carbocycles. The lowest BCUT2D eigenvalue weighted by molar-refractivity contribution is -0.301. The van der Waals surface area contributed by atoms with Crippen molar-refractivity contribution < 1.29 is 58.2 Å². The van der Waals surface area contributed by atoms with Gasteiger partial charge in [-0.25, -0.2) is 4.79 Å². The maximum atomic E-state index is 13.2. The molecule has 3 N–H and O–H groups in total. The predicted octanol–water partition coefficient (Wildman–Crippen LogP) is 17.1. The molecule has 6 atom stereocenters. The fourth-order valence-corrected chi connectivity index (χ4v) is 9.65. The third-order valence-electron chi connectivity index (χ3n) is 14.6. The van der Waals surface area contributed by atoms with Gasteiger partial charge in [0, 0.05) is 19.3 Å². The second kappa shape index (κ2) is 55.0. The van der Waals surface area contributed by atoms with E-state index in [1.165, 1.54) is 109 Å². The Morgan fingerprint density at radius 2 is 0.797 bits per heavy atom. The molecule has 1 fully saturated rings. The summed E-state index contributed by atoms with van der Waals surface area (Å²) in [6.45, 7) is 5.89. The van der Waals surface area contributed by atoms with Crippen molar-refractivity contribution in [3.05, 3.63) is 60.8 Å². The Bertz CT molecular complexity index is 1600. The first-order chi connectivity index (χ1) is 38.6. The lowest BCUT2D eigenvalue weighted by Gasteiger charge is -2.40. The van der Waals surface area contributed by atoms with Gasteiger partial charge in [0.1, 0.15) is 18.8 Å². The molecule has 1 aliphatic heterocycles. The van der Waals surface area contributed by atoms with Crippen LogP contribution in [-0.2, 0) is 42.9 Å². The average Bonchev–Trinajstić information content (AvgIpc) is 3.46. The molecule has 456 valence electrons. The molecule has 0 amide bonds. The van der Waals surface area contributed by atoms with Gasteiger partial charge in [0.15, 0.2) is 24.6 Å². The van der Waals surface area contributed by atoms with E-state index in [0.29, 0.717) is 19.3 Å². The largest absolute Gasteiger partial charge is 0.479 e. The van der Waals surface area contributed by atoms with Gasteiger partial charge < -0.3 is 39.0 Å². The van der Waals surface area contributed by atoms with E-state index in [1.54, 1.807) is 0 Å². The Hall–Kier alpha value is -3.58. The van der Waals surface area contributed by atoms with Crippen LogP contribution in [0.3, 0.4) is 0 Å². The molecule has 0 aliphatic carbocycles. The SMILES string of the molecule is CC/C=C\C/C=C\C/C=C\C/C=C\CCCCCCCCC(=O)OC1C(OCC(COC(=O)CCCCCCCCCCCCCCCCCCC)OC(=O)CCCCCCC/C=C\CCCCCC)OC(C(=O)O)C(O)C1O. The van der Waals surface area contributed by atoms with Crippen LogP contribution in [0, 0.1) is 0 Å².